The second-order valence-corrected chi connectivity index (χ2v) is 5.23. The summed E-state index contributed by atoms with van der Waals surface area (Å²) in [4.78, 5) is 18.9. The lowest BCUT2D eigenvalue weighted by Crippen LogP contribution is -2.21. The van der Waals surface area contributed by atoms with Crippen LogP contribution in [-0.2, 0) is 6.54 Å². The summed E-state index contributed by atoms with van der Waals surface area (Å²) < 4.78 is 0. The molecule has 0 aliphatic heterocycles. The molecule has 1 saturated carbocycles. The molecule has 2 aromatic rings. The Morgan fingerprint density at radius 2 is 2.05 bits per heavy atom. The normalized spacial score (nSPS) is 14.4. The fraction of sp³-hybridized carbons (Fsp3) is 0.333. The summed E-state index contributed by atoms with van der Waals surface area (Å²) in [5.74, 6) is 0.250. The van der Waals surface area contributed by atoms with Gasteiger partial charge in [-0.05, 0) is 25.3 Å². The third kappa shape index (κ3) is 2.72. The van der Waals surface area contributed by atoms with E-state index in [1.165, 1.54) is 0 Å². The van der Waals surface area contributed by atoms with Gasteiger partial charge in [0.05, 0.1) is 6.54 Å². The van der Waals surface area contributed by atoms with Gasteiger partial charge in [-0.1, -0.05) is 29.8 Å². The Morgan fingerprint density at radius 1 is 1.35 bits per heavy atom. The highest BCUT2D eigenvalue weighted by Crippen LogP contribution is 2.24. The van der Waals surface area contributed by atoms with Gasteiger partial charge in [0.2, 0.25) is 5.88 Å². The van der Waals surface area contributed by atoms with Crippen molar-refractivity contribution in [3.05, 3.63) is 46.0 Å². The van der Waals surface area contributed by atoms with E-state index < -0.39 is 0 Å². The summed E-state index contributed by atoms with van der Waals surface area (Å²) in [7, 11) is 0. The summed E-state index contributed by atoms with van der Waals surface area (Å²) in [5.41, 5.74) is 1.68. The van der Waals surface area contributed by atoms with Crippen molar-refractivity contribution in [3.63, 3.8) is 0 Å². The van der Waals surface area contributed by atoms with Gasteiger partial charge >= 0.3 is 0 Å². The van der Waals surface area contributed by atoms with Crippen LogP contribution in [0.5, 0.6) is 5.88 Å². The first-order valence-electron chi connectivity index (χ1n) is 6.76. The van der Waals surface area contributed by atoms with E-state index in [4.69, 9.17) is 0 Å². The van der Waals surface area contributed by atoms with Crippen molar-refractivity contribution in [1.29, 1.82) is 0 Å². The molecule has 5 nitrogen and oxygen atoms in total. The SMILES string of the molecule is Cc1ccc(-c2c(O)nc(CNC3CC3)[nH]c2=O)cc1. The van der Waals surface area contributed by atoms with Gasteiger partial charge in [-0.25, -0.2) is 0 Å². The number of aromatic nitrogens is 2. The number of nitrogens with zero attached hydrogens (tertiary/aromatic N) is 1. The topological polar surface area (TPSA) is 78.0 Å². The maximum absolute atomic E-state index is 12.1. The van der Waals surface area contributed by atoms with Crippen LogP contribution in [0.15, 0.2) is 29.1 Å². The van der Waals surface area contributed by atoms with Crippen LogP contribution in [0.3, 0.4) is 0 Å². The highest BCUT2D eigenvalue weighted by Gasteiger charge is 2.21. The Bertz CT molecular complexity index is 673. The molecule has 0 amide bonds. The van der Waals surface area contributed by atoms with Crippen LogP contribution in [0, 0.1) is 6.92 Å². The Balaban J connectivity index is 1.91. The summed E-state index contributed by atoms with van der Waals surface area (Å²) in [6, 6.07) is 7.94. The summed E-state index contributed by atoms with van der Waals surface area (Å²) in [6.07, 6.45) is 2.33. The van der Waals surface area contributed by atoms with Crippen molar-refractivity contribution in [2.24, 2.45) is 0 Å². The van der Waals surface area contributed by atoms with Gasteiger partial charge in [0, 0.05) is 6.04 Å². The first-order valence-corrected chi connectivity index (χ1v) is 6.76. The molecule has 0 saturated heterocycles. The number of aromatic hydroxyl groups is 1. The van der Waals surface area contributed by atoms with Crippen molar-refractivity contribution in [3.8, 4) is 17.0 Å². The Morgan fingerprint density at radius 3 is 2.65 bits per heavy atom. The Labute approximate surface area is 116 Å². The molecule has 1 aromatic heterocycles. The van der Waals surface area contributed by atoms with E-state index in [1.54, 1.807) is 0 Å². The average molecular weight is 271 g/mol. The largest absolute Gasteiger partial charge is 0.493 e. The van der Waals surface area contributed by atoms with E-state index in [0.29, 0.717) is 24.0 Å². The average Bonchev–Trinajstić information content (AvgIpc) is 3.22. The van der Waals surface area contributed by atoms with Crippen LogP contribution in [0.1, 0.15) is 24.2 Å². The molecule has 1 heterocycles. The number of aromatic amines is 1. The van der Waals surface area contributed by atoms with Crippen LogP contribution in [0.4, 0.5) is 0 Å². The number of hydrogen-bond donors (Lipinski definition) is 3. The third-order valence-corrected chi connectivity index (χ3v) is 3.43. The van der Waals surface area contributed by atoms with Crippen molar-refractivity contribution in [1.82, 2.24) is 15.3 Å². The first-order chi connectivity index (χ1) is 9.63. The monoisotopic (exact) mass is 271 g/mol. The van der Waals surface area contributed by atoms with Crippen LogP contribution in [0.25, 0.3) is 11.1 Å². The highest BCUT2D eigenvalue weighted by molar-refractivity contribution is 5.67. The van der Waals surface area contributed by atoms with Gasteiger partial charge in [0.15, 0.2) is 0 Å². The predicted octanol–water partition coefficient (Wildman–Crippen LogP) is 1.70. The number of rotatable bonds is 4. The zero-order valence-corrected chi connectivity index (χ0v) is 11.3. The van der Waals surface area contributed by atoms with E-state index in [-0.39, 0.29) is 17.0 Å². The third-order valence-electron chi connectivity index (χ3n) is 3.43. The van der Waals surface area contributed by atoms with E-state index >= 15 is 0 Å². The zero-order valence-electron chi connectivity index (χ0n) is 11.3. The second kappa shape index (κ2) is 5.09. The molecule has 5 heteroatoms. The predicted molar refractivity (Wildman–Crippen MR) is 76.6 cm³/mol. The van der Waals surface area contributed by atoms with E-state index in [2.05, 4.69) is 15.3 Å². The van der Waals surface area contributed by atoms with Crippen molar-refractivity contribution in [2.75, 3.05) is 0 Å². The first kappa shape index (κ1) is 12.9. The Hall–Kier alpha value is -2.14. The fourth-order valence-corrected chi connectivity index (χ4v) is 2.10. The molecule has 0 spiro atoms. The van der Waals surface area contributed by atoms with Crippen LogP contribution in [-0.4, -0.2) is 21.1 Å². The minimum atomic E-state index is -0.311. The number of H-pyrrole nitrogens is 1. The molecular formula is C15H17N3O2. The second-order valence-electron chi connectivity index (χ2n) is 5.23. The van der Waals surface area contributed by atoms with Gasteiger partial charge < -0.3 is 15.4 Å². The van der Waals surface area contributed by atoms with Crippen LogP contribution in [0.2, 0.25) is 0 Å². The number of aryl methyl sites for hydroxylation is 1. The standard InChI is InChI=1S/C15H17N3O2/c1-9-2-4-10(5-3-9)13-14(19)17-12(18-15(13)20)8-16-11-6-7-11/h2-5,11,16H,6-8H2,1H3,(H2,17,18,19,20). The van der Waals surface area contributed by atoms with Gasteiger partial charge in [0.25, 0.3) is 5.56 Å². The van der Waals surface area contributed by atoms with Crippen molar-refractivity contribution < 1.29 is 5.11 Å². The van der Waals surface area contributed by atoms with E-state index in [0.717, 1.165) is 18.4 Å². The molecule has 1 aliphatic carbocycles. The van der Waals surface area contributed by atoms with Gasteiger partial charge in [-0.3, -0.25) is 4.79 Å². The van der Waals surface area contributed by atoms with E-state index in [1.807, 2.05) is 31.2 Å². The molecule has 0 unspecified atom stereocenters. The molecule has 0 atom stereocenters. The molecule has 1 aliphatic rings. The van der Waals surface area contributed by atoms with Crippen molar-refractivity contribution >= 4 is 0 Å². The molecule has 104 valence electrons. The molecule has 3 rings (SSSR count). The molecule has 1 aromatic carbocycles. The summed E-state index contributed by atoms with van der Waals surface area (Å²) >= 11 is 0. The summed E-state index contributed by atoms with van der Waals surface area (Å²) in [6.45, 7) is 2.44. The quantitative estimate of drug-likeness (QED) is 0.791. The van der Waals surface area contributed by atoms with Gasteiger partial charge in [-0.2, -0.15) is 4.98 Å². The van der Waals surface area contributed by atoms with Crippen molar-refractivity contribution in [2.45, 2.75) is 32.4 Å². The molecule has 20 heavy (non-hydrogen) atoms. The lowest BCUT2D eigenvalue weighted by Gasteiger charge is -2.07. The fourth-order valence-electron chi connectivity index (χ4n) is 2.10. The molecule has 3 N–H and O–H groups in total. The van der Waals surface area contributed by atoms with Crippen LogP contribution >= 0.6 is 0 Å². The Kier molecular flexibility index (Phi) is 3.28. The molecular weight excluding hydrogens is 254 g/mol. The molecule has 1 fully saturated rings. The van der Waals surface area contributed by atoms with Gasteiger partial charge in [-0.15, -0.1) is 0 Å². The van der Waals surface area contributed by atoms with Gasteiger partial charge in [0.1, 0.15) is 11.4 Å². The summed E-state index contributed by atoms with van der Waals surface area (Å²) in [5, 5.41) is 13.3. The lowest BCUT2D eigenvalue weighted by molar-refractivity contribution is 0.448. The maximum Gasteiger partial charge on any atom is 0.262 e. The molecule has 0 radical (unpaired) electrons. The zero-order chi connectivity index (χ0) is 14.1. The highest BCUT2D eigenvalue weighted by atomic mass is 16.3. The lowest BCUT2D eigenvalue weighted by atomic mass is 10.1. The number of benzene rings is 1. The molecule has 0 bridgehead atoms. The number of hydrogen-bond acceptors (Lipinski definition) is 4. The number of nitrogens with one attached hydrogen (secondary N) is 2. The van der Waals surface area contributed by atoms with Crippen LogP contribution < -0.4 is 10.9 Å². The smallest absolute Gasteiger partial charge is 0.262 e. The maximum atomic E-state index is 12.1. The van der Waals surface area contributed by atoms with E-state index in [9.17, 15) is 9.90 Å². The minimum absolute atomic E-state index is 0.217. The minimum Gasteiger partial charge on any atom is -0.493 e.